The average Bonchev–Trinajstić information content (AvgIpc) is 3.14. The summed E-state index contributed by atoms with van der Waals surface area (Å²) in [4.78, 5) is 46.4. The third-order valence-electron chi connectivity index (χ3n) is 5.01. The van der Waals surface area contributed by atoms with Gasteiger partial charge in [0, 0.05) is 31.9 Å². The largest absolute Gasteiger partial charge is 0.337 e. The number of fused-ring (bicyclic) bond motifs is 1. The zero-order chi connectivity index (χ0) is 19.0. The molecule has 0 bridgehead atoms. The minimum absolute atomic E-state index is 0. The van der Waals surface area contributed by atoms with Crippen molar-refractivity contribution < 1.29 is 4.79 Å². The lowest BCUT2D eigenvalue weighted by molar-refractivity contribution is 0.0745. The smallest absolute Gasteiger partial charge is 0.329 e. The molecule has 0 saturated carbocycles. The van der Waals surface area contributed by atoms with E-state index in [1.54, 1.807) is 24.9 Å². The SMILES string of the molecule is CCn1c(=O)[nH]c(=O)c2c(C(=O)N(C)C3CCNC3)cc(C(C)C)nc21.Cl.Cl. The molecular weight excluding hydrogens is 405 g/mol. The average molecular weight is 432 g/mol. The molecule has 0 aromatic carbocycles. The fourth-order valence-corrected chi connectivity index (χ4v) is 3.38. The Morgan fingerprint density at radius 1 is 1.36 bits per heavy atom. The van der Waals surface area contributed by atoms with Gasteiger partial charge < -0.3 is 10.2 Å². The zero-order valence-electron chi connectivity index (χ0n) is 16.4. The van der Waals surface area contributed by atoms with Gasteiger partial charge in [0.15, 0.2) is 5.65 Å². The first-order chi connectivity index (χ1) is 12.3. The number of nitrogens with zero attached hydrogens (tertiary/aromatic N) is 3. The number of hydrogen-bond acceptors (Lipinski definition) is 5. The minimum Gasteiger partial charge on any atom is -0.337 e. The quantitative estimate of drug-likeness (QED) is 0.763. The number of aromatic nitrogens is 3. The Morgan fingerprint density at radius 2 is 2.04 bits per heavy atom. The van der Waals surface area contributed by atoms with Crippen LogP contribution in [0.2, 0.25) is 0 Å². The van der Waals surface area contributed by atoms with Crippen molar-refractivity contribution >= 4 is 41.8 Å². The van der Waals surface area contributed by atoms with Gasteiger partial charge in [-0.05, 0) is 31.9 Å². The molecule has 8 nitrogen and oxygen atoms in total. The van der Waals surface area contributed by atoms with Crippen molar-refractivity contribution in [2.75, 3.05) is 20.1 Å². The van der Waals surface area contributed by atoms with Gasteiger partial charge >= 0.3 is 5.69 Å². The second-order valence-corrected chi connectivity index (χ2v) is 7.01. The predicted molar refractivity (Wildman–Crippen MR) is 114 cm³/mol. The zero-order valence-corrected chi connectivity index (χ0v) is 18.1. The molecule has 2 aromatic rings. The third kappa shape index (κ3) is 4.24. The van der Waals surface area contributed by atoms with E-state index >= 15 is 0 Å². The molecular formula is C18H27Cl2N5O3. The van der Waals surface area contributed by atoms with Crippen LogP contribution >= 0.6 is 24.8 Å². The Hall–Kier alpha value is -1.90. The van der Waals surface area contributed by atoms with E-state index in [9.17, 15) is 14.4 Å². The van der Waals surface area contributed by atoms with E-state index in [2.05, 4.69) is 15.3 Å². The molecule has 2 N–H and O–H groups in total. The minimum atomic E-state index is -0.571. The highest BCUT2D eigenvalue weighted by Crippen LogP contribution is 2.22. The van der Waals surface area contributed by atoms with Gasteiger partial charge in [-0.1, -0.05) is 13.8 Å². The van der Waals surface area contributed by atoms with E-state index in [-0.39, 0.29) is 53.7 Å². The highest BCUT2D eigenvalue weighted by molar-refractivity contribution is 6.05. The first-order valence-corrected chi connectivity index (χ1v) is 9.00. The summed E-state index contributed by atoms with van der Waals surface area (Å²) in [6.45, 7) is 7.70. The van der Waals surface area contributed by atoms with E-state index in [1.165, 1.54) is 4.57 Å². The van der Waals surface area contributed by atoms with E-state index in [0.717, 1.165) is 19.5 Å². The lowest BCUT2D eigenvalue weighted by Gasteiger charge is -2.25. The number of carbonyl (C=O) groups excluding carboxylic acids is 1. The van der Waals surface area contributed by atoms with Gasteiger partial charge in [0.05, 0.1) is 10.9 Å². The molecule has 1 fully saturated rings. The monoisotopic (exact) mass is 431 g/mol. The summed E-state index contributed by atoms with van der Waals surface area (Å²) in [6.07, 6.45) is 0.873. The van der Waals surface area contributed by atoms with E-state index in [1.807, 2.05) is 13.8 Å². The van der Waals surface area contributed by atoms with Crippen LogP contribution < -0.4 is 16.6 Å². The Labute approximate surface area is 175 Å². The normalized spacial score (nSPS) is 16.0. The summed E-state index contributed by atoms with van der Waals surface area (Å²) in [7, 11) is 1.76. The molecule has 28 heavy (non-hydrogen) atoms. The maximum absolute atomic E-state index is 13.2. The number of aromatic amines is 1. The Kier molecular flexibility index (Phi) is 8.22. The van der Waals surface area contributed by atoms with Gasteiger partial charge in [0.1, 0.15) is 0 Å². The molecule has 0 spiro atoms. The van der Waals surface area contributed by atoms with Gasteiger partial charge in [-0.15, -0.1) is 24.8 Å². The maximum Gasteiger partial charge on any atom is 0.329 e. The van der Waals surface area contributed by atoms with Gasteiger partial charge in [-0.2, -0.15) is 0 Å². The lowest BCUT2D eigenvalue weighted by Crippen LogP contribution is -2.39. The van der Waals surface area contributed by atoms with E-state index < -0.39 is 11.2 Å². The van der Waals surface area contributed by atoms with Crippen molar-refractivity contribution in [1.82, 2.24) is 24.8 Å². The van der Waals surface area contributed by atoms with E-state index in [0.29, 0.717) is 17.8 Å². The number of pyridine rings is 1. The number of amides is 1. The predicted octanol–water partition coefficient (Wildman–Crippen LogP) is 1.51. The highest BCUT2D eigenvalue weighted by Gasteiger charge is 2.27. The molecule has 0 radical (unpaired) electrons. The summed E-state index contributed by atoms with van der Waals surface area (Å²) < 4.78 is 1.40. The van der Waals surface area contributed by atoms with Crippen molar-refractivity contribution in [3.05, 3.63) is 38.2 Å². The first-order valence-electron chi connectivity index (χ1n) is 9.00. The molecule has 1 unspecified atom stereocenters. The molecule has 1 saturated heterocycles. The Bertz CT molecular complexity index is 964. The Balaban J connectivity index is 0.00000196. The number of nitrogens with one attached hydrogen (secondary N) is 2. The summed E-state index contributed by atoms with van der Waals surface area (Å²) in [5.74, 6) is -0.163. The second-order valence-electron chi connectivity index (χ2n) is 7.01. The summed E-state index contributed by atoms with van der Waals surface area (Å²) >= 11 is 0. The molecule has 3 rings (SSSR count). The number of halogens is 2. The van der Waals surface area contributed by atoms with Crippen molar-refractivity contribution in [2.24, 2.45) is 0 Å². The summed E-state index contributed by atoms with van der Waals surface area (Å²) in [5, 5.41) is 3.42. The van der Waals surface area contributed by atoms with Crippen molar-refractivity contribution in [1.29, 1.82) is 0 Å². The van der Waals surface area contributed by atoms with Crippen LogP contribution in [0.25, 0.3) is 11.0 Å². The highest BCUT2D eigenvalue weighted by atomic mass is 35.5. The molecule has 1 atom stereocenters. The summed E-state index contributed by atoms with van der Waals surface area (Å²) in [5.41, 5.74) is 0.181. The number of aryl methyl sites for hydroxylation is 1. The molecule has 1 aliphatic heterocycles. The molecule has 1 amide bonds. The fourth-order valence-electron chi connectivity index (χ4n) is 3.38. The molecule has 1 aliphatic rings. The molecule has 156 valence electrons. The van der Waals surface area contributed by atoms with Crippen molar-refractivity contribution in [3.63, 3.8) is 0 Å². The first kappa shape index (κ1) is 24.1. The van der Waals surface area contributed by atoms with Gasteiger partial charge in [-0.3, -0.25) is 19.1 Å². The third-order valence-corrected chi connectivity index (χ3v) is 5.01. The van der Waals surface area contributed by atoms with Crippen molar-refractivity contribution in [3.8, 4) is 0 Å². The number of likely N-dealkylation sites (N-methyl/N-ethyl adjacent to an activating group) is 1. The number of H-pyrrole nitrogens is 1. The van der Waals surface area contributed by atoms with Crippen LogP contribution in [0.15, 0.2) is 15.7 Å². The van der Waals surface area contributed by atoms with Crippen LogP contribution in [-0.4, -0.2) is 51.5 Å². The maximum atomic E-state index is 13.2. The Morgan fingerprint density at radius 3 is 2.57 bits per heavy atom. The van der Waals surface area contributed by atoms with Crippen LogP contribution in [0.1, 0.15) is 49.2 Å². The van der Waals surface area contributed by atoms with Crippen LogP contribution in [0, 0.1) is 0 Å². The molecule has 3 heterocycles. The van der Waals surface area contributed by atoms with Crippen LogP contribution in [0.4, 0.5) is 0 Å². The molecule has 0 aliphatic carbocycles. The van der Waals surface area contributed by atoms with Crippen LogP contribution in [0.5, 0.6) is 0 Å². The van der Waals surface area contributed by atoms with Crippen LogP contribution in [0.3, 0.4) is 0 Å². The second kappa shape index (κ2) is 9.54. The van der Waals surface area contributed by atoms with E-state index in [4.69, 9.17) is 0 Å². The number of rotatable bonds is 4. The summed E-state index contributed by atoms with van der Waals surface area (Å²) in [6, 6.07) is 1.78. The number of carbonyl (C=O) groups is 1. The van der Waals surface area contributed by atoms with Gasteiger partial charge in [0.25, 0.3) is 11.5 Å². The van der Waals surface area contributed by atoms with Crippen LogP contribution in [-0.2, 0) is 6.54 Å². The topological polar surface area (TPSA) is 100 Å². The molecule has 10 heteroatoms. The molecule has 2 aromatic heterocycles. The lowest BCUT2D eigenvalue weighted by atomic mass is 10.0. The number of hydrogen-bond donors (Lipinski definition) is 2. The standard InChI is InChI=1S/C18H25N5O3.2ClH/c1-5-23-15-14(16(24)21-18(23)26)12(8-13(20-15)10(2)3)17(25)22(4)11-6-7-19-9-11;;/h8,10-11,19H,5-7,9H2,1-4H3,(H,21,24,26);2*1H. The fraction of sp³-hybridized carbons (Fsp3) is 0.556. The van der Waals surface area contributed by atoms with Gasteiger partial charge in [-0.25, -0.2) is 9.78 Å². The van der Waals surface area contributed by atoms with Gasteiger partial charge in [0.2, 0.25) is 0 Å². The van der Waals surface area contributed by atoms with Crippen molar-refractivity contribution in [2.45, 2.75) is 45.7 Å².